The van der Waals surface area contributed by atoms with Gasteiger partial charge in [0.2, 0.25) is 0 Å². The Morgan fingerprint density at radius 1 is 0.893 bits per heavy atom. The van der Waals surface area contributed by atoms with Gasteiger partial charge in [0.1, 0.15) is 5.82 Å². The zero-order chi connectivity index (χ0) is 19.5. The quantitative estimate of drug-likeness (QED) is 0.884. The number of carbonyl (C=O) groups is 1. The molecule has 1 aromatic carbocycles. The summed E-state index contributed by atoms with van der Waals surface area (Å²) in [5.74, 6) is 0.995. The standard InChI is InChI=1S/C22H29N5O/c1-17-7-5-10-21(23-17)26-13-15-27(16-14-26)22(28)24-19-8-6-9-20(18(19)2)25-11-3-4-12-25/h5-10H,3-4,11-16H2,1-2H3,(H,24,28). The van der Waals surface area contributed by atoms with E-state index in [0.29, 0.717) is 13.1 Å². The number of urea groups is 1. The smallest absolute Gasteiger partial charge is 0.321 e. The van der Waals surface area contributed by atoms with Gasteiger partial charge in [-0.25, -0.2) is 9.78 Å². The Bertz CT molecular complexity index is 839. The molecule has 1 aromatic heterocycles. The third-order valence-corrected chi connectivity index (χ3v) is 5.76. The van der Waals surface area contributed by atoms with E-state index in [0.717, 1.165) is 48.9 Å². The largest absolute Gasteiger partial charge is 0.371 e. The lowest BCUT2D eigenvalue weighted by Gasteiger charge is -2.35. The number of aromatic nitrogens is 1. The molecule has 2 aliphatic rings. The van der Waals surface area contributed by atoms with Crippen LogP contribution >= 0.6 is 0 Å². The van der Waals surface area contributed by atoms with Crippen LogP contribution in [0.3, 0.4) is 0 Å². The molecule has 0 aliphatic carbocycles. The van der Waals surface area contributed by atoms with Gasteiger partial charge in [0.25, 0.3) is 0 Å². The summed E-state index contributed by atoms with van der Waals surface area (Å²) in [5.41, 5.74) is 4.33. The summed E-state index contributed by atoms with van der Waals surface area (Å²) in [6, 6.07) is 12.3. The van der Waals surface area contributed by atoms with Crippen LogP contribution in [-0.2, 0) is 0 Å². The minimum absolute atomic E-state index is 0.0153. The molecule has 3 heterocycles. The first-order chi connectivity index (χ1) is 13.6. The molecule has 0 bridgehead atoms. The van der Waals surface area contributed by atoms with Crippen LogP contribution in [0.1, 0.15) is 24.1 Å². The average Bonchev–Trinajstić information content (AvgIpc) is 3.24. The lowest BCUT2D eigenvalue weighted by atomic mass is 10.1. The summed E-state index contributed by atoms with van der Waals surface area (Å²) in [4.78, 5) is 24.0. The van der Waals surface area contributed by atoms with Crippen molar-refractivity contribution in [2.45, 2.75) is 26.7 Å². The van der Waals surface area contributed by atoms with Crippen LogP contribution in [0.25, 0.3) is 0 Å². The van der Waals surface area contributed by atoms with Crippen molar-refractivity contribution in [3.8, 4) is 0 Å². The van der Waals surface area contributed by atoms with E-state index in [2.05, 4.69) is 33.1 Å². The van der Waals surface area contributed by atoms with E-state index in [1.54, 1.807) is 0 Å². The molecule has 2 fully saturated rings. The number of hydrogen-bond acceptors (Lipinski definition) is 4. The molecule has 4 rings (SSSR count). The summed E-state index contributed by atoms with van der Waals surface area (Å²) in [5, 5.41) is 3.13. The molecule has 6 heteroatoms. The molecule has 148 valence electrons. The van der Waals surface area contributed by atoms with Gasteiger partial charge in [0.15, 0.2) is 0 Å². The number of hydrogen-bond donors (Lipinski definition) is 1. The highest BCUT2D eigenvalue weighted by atomic mass is 16.2. The van der Waals surface area contributed by atoms with Gasteiger partial charge >= 0.3 is 6.03 Å². The Morgan fingerprint density at radius 2 is 1.61 bits per heavy atom. The predicted octanol–water partition coefficient (Wildman–Crippen LogP) is 3.65. The zero-order valence-electron chi connectivity index (χ0n) is 16.8. The molecular formula is C22H29N5O. The number of rotatable bonds is 3. The first kappa shape index (κ1) is 18.6. The number of piperazine rings is 1. The fraction of sp³-hybridized carbons (Fsp3) is 0.455. The van der Waals surface area contributed by atoms with E-state index in [1.165, 1.54) is 18.5 Å². The summed E-state index contributed by atoms with van der Waals surface area (Å²) in [6.07, 6.45) is 2.49. The third-order valence-electron chi connectivity index (χ3n) is 5.76. The van der Waals surface area contributed by atoms with Gasteiger partial charge in [0, 0.05) is 56.3 Å². The van der Waals surface area contributed by atoms with E-state index in [-0.39, 0.29) is 6.03 Å². The monoisotopic (exact) mass is 379 g/mol. The summed E-state index contributed by atoms with van der Waals surface area (Å²) >= 11 is 0. The Morgan fingerprint density at radius 3 is 2.32 bits per heavy atom. The molecular weight excluding hydrogens is 350 g/mol. The summed E-state index contributed by atoms with van der Waals surface area (Å²) in [6.45, 7) is 9.32. The first-order valence-corrected chi connectivity index (χ1v) is 10.2. The highest BCUT2D eigenvalue weighted by Gasteiger charge is 2.23. The molecule has 0 atom stereocenters. The van der Waals surface area contributed by atoms with E-state index in [9.17, 15) is 4.79 Å². The second-order valence-corrected chi connectivity index (χ2v) is 7.69. The number of nitrogens with zero attached hydrogens (tertiary/aromatic N) is 4. The van der Waals surface area contributed by atoms with Gasteiger partial charge in [-0.3, -0.25) is 0 Å². The number of benzene rings is 1. The van der Waals surface area contributed by atoms with Crippen LogP contribution in [0.5, 0.6) is 0 Å². The lowest BCUT2D eigenvalue weighted by molar-refractivity contribution is 0.208. The van der Waals surface area contributed by atoms with Gasteiger partial charge in [-0.1, -0.05) is 12.1 Å². The number of aryl methyl sites for hydroxylation is 1. The van der Waals surface area contributed by atoms with Gasteiger partial charge < -0.3 is 20.0 Å². The van der Waals surface area contributed by atoms with Gasteiger partial charge in [-0.15, -0.1) is 0 Å². The number of amides is 2. The number of carbonyl (C=O) groups excluding carboxylic acids is 1. The molecule has 0 spiro atoms. The van der Waals surface area contributed by atoms with Gasteiger partial charge in [-0.2, -0.15) is 0 Å². The Kier molecular flexibility index (Phi) is 5.37. The van der Waals surface area contributed by atoms with Crippen molar-refractivity contribution in [1.82, 2.24) is 9.88 Å². The maximum absolute atomic E-state index is 12.8. The van der Waals surface area contributed by atoms with Gasteiger partial charge in [-0.05, 0) is 56.5 Å². The van der Waals surface area contributed by atoms with Crippen LogP contribution in [0.15, 0.2) is 36.4 Å². The summed E-state index contributed by atoms with van der Waals surface area (Å²) in [7, 11) is 0. The number of nitrogens with one attached hydrogen (secondary N) is 1. The SMILES string of the molecule is Cc1cccc(N2CCN(C(=O)Nc3cccc(N4CCCC4)c3C)CC2)n1. The van der Waals surface area contributed by atoms with Crippen molar-refractivity contribution in [2.24, 2.45) is 0 Å². The van der Waals surface area contributed by atoms with E-state index in [4.69, 9.17) is 0 Å². The molecule has 2 saturated heterocycles. The van der Waals surface area contributed by atoms with Crippen LogP contribution in [0.4, 0.5) is 22.0 Å². The lowest BCUT2D eigenvalue weighted by Crippen LogP contribution is -2.50. The molecule has 28 heavy (non-hydrogen) atoms. The molecule has 1 N–H and O–H groups in total. The first-order valence-electron chi connectivity index (χ1n) is 10.2. The maximum Gasteiger partial charge on any atom is 0.321 e. The predicted molar refractivity (Wildman–Crippen MR) is 114 cm³/mol. The number of pyridine rings is 1. The average molecular weight is 380 g/mol. The van der Waals surface area contributed by atoms with Crippen molar-refractivity contribution < 1.29 is 4.79 Å². The van der Waals surface area contributed by atoms with Crippen LogP contribution in [0.2, 0.25) is 0 Å². The maximum atomic E-state index is 12.8. The van der Waals surface area contributed by atoms with Crippen LogP contribution in [-0.4, -0.2) is 55.2 Å². The van der Waals surface area contributed by atoms with Crippen molar-refractivity contribution >= 4 is 23.2 Å². The second-order valence-electron chi connectivity index (χ2n) is 7.69. The second kappa shape index (κ2) is 8.09. The summed E-state index contributed by atoms with van der Waals surface area (Å²) < 4.78 is 0. The zero-order valence-corrected chi connectivity index (χ0v) is 16.8. The highest BCUT2D eigenvalue weighted by Crippen LogP contribution is 2.29. The van der Waals surface area contributed by atoms with Crippen LogP contribution < -0.4 is 15.1 Å². The van der Waals surface area contributed by atoms with E-state index < -0.39 is 0 Å². The normalized spacial score (nSPS) is 17.1. The molecule has 0 radical (unpaired) electrons. The Labute approximate surface area is 167 Å². The van der Waals surface area contributed by atoms with Gasteiger partial charge in [0.05, 0.1) is 0 Å². The third kappa shape index (κ3) is 3.91. The van der Waals surface area contributed by atoms with Crippen molar-refractivity contribution in [1.29, 1.82) is 0 Å². The fourth-order valence-corrected chi connectivity index (χ4v) is 4.10. The topological polar surface area (TPSA) is 51.7 Å². The molecule has 2 aliphatic heterocycles. The molecule has 0 saturated carbocycles. The number of anilines is 3. The van der Waals surface area contributed by atoms with Crippen LogP contribution in [0, 0.1) is 13.8 Å². The molecule has 2 aromatic rings. The highest BCUT2D eigenvalue weighted by molar-refractivity contribution is 5.91. The Hall–Kier alpha value is -2.76. The van der Waals surface area contributed by atoms with E-state index >= 15 is 0 Å². The van der Waals surface area contributed by atoms with Crippen molar-refractivity contribution in [3.05, 3.63) is 47.7 Å². The van der Waals surface area contributed by atoms with Crippen molar-refractivity contribution in [3.63, 3.8) is 0 Å². The molecule has 0 unspecified atom stereocenters. The molecule has 2 amide bonds. The Balaban J connectivity index is 1.38. The van der Waals surface area contributed by atoms with Crippen molar-refractivity contribution in [2.75, 3.05) is 54.4 Å². The minimum Gasteiger partial charge on any atom is -0.371 e. The van der Waals surface area contributed by atoms with E-state index in [1.807, 2.05) is 42.2 Å². The minimum atomic E-state index is -0.0153. The fourth-order valence-electron chi connectivity index (χ4n) is 4.10. The molecule has 6 nitrogen and oxygen atoms in total.